The van der Waals surface area contributed by atoms with Gasteiger partial charge in [-0.3, -0.25) is 14.4 Å². The van der Waals surface area contributed by atoms with E-state index < -0.39 is 6.04 Å². The molecule has 33 heavy (non-hydrogen) atoms. The summed E-state index contributed by atoms with van der Waals surface area (Å²) in [4.78, 5) is 41.1. The van der Waals surface area contributed by atoms with E-state index >= 15 is 0 Å². The summed E-state index contributed by atoms with van der Waals surface area (Å²) in [5, 5.41) is 3.12. The number of rotatable bonds is 7. The number of ketones is 1. The highest BCUT2D eigenvalue weighted by Gasteiger charge is 2.47. The third kappa shape index (κ3) is 5.50. The molecule has 1 saturated heterocycles. The van der Waals surface area contributed by atoms with Crippen molar-refractivity contribution in [3.63, 3.8) is 0 Å². The minimum atomic E-state index is -0.400. The van der Waals surface area contributed by atoms with E-state index in [1.165, 1.54) is 6.42 Å². The molecule has 2 aliphatic carbocycles. The molecule has 0 bridgehead atoms. The van der Waals surface area contributed by atoms with Crippen molar-refractivity contribution in [1.82, 2.24) is 10.2 Å². The fraction of sp³-hybridized carbons (Fsp3) is 0.679. The largest absolute Gasteiger partial charge is 0.342 e. The van der Waals surface area contributed by atoms with Crippen molar-refractivity contribution in [2.24, 2.45) is 17.3 Å². The third-order valence-electron chi connectivity index (χ3n) is 8.13. The van der Waals surface area contributed by atoms with E-state index in [4.69, 9.17) is 0 Å². The molecule has 2 amide bonds. The molecule has 2 saturated carbocycles. The van der Waals surface area contributed by atoms with Crippen LogP contribution in [0.3, 0.4) is 0 Å². The Morgan fingerprint density at radius 2 is 1.76 bits per heavy atom. The van der Waals surface area contributed by atoms with Crippen LogP contribution in [0.2, 0.25) is 0 Å². The van der Waals surface area contributed by atoms with Crippen molar-refractivity contribution in [3.8, 4) is 0 Å². The monoisotopic (exact) mass is 452 g/mol. The van der Waals surface area contributed by atoms with Gasteiger partial charge in [0.05, 0.1) is 6.04 Å². The minimum absolute atomic E-state index is 0.0948. The van der Waals surface area contributed by atoms with Crippen molar-refractivity contribution < 1.29 is 14.4 Å². The van der Waals surface area contributed by atoms with E-state index in [0.717, 1.165) is 70.0 Å². The lowest BCUT2D eigenvalue weighted by molar-refractivity contribution is -0.137. The van der Waals surface area contributed by atoms with Gasteiger partial charge in [-0.2, -0.15) is 0 Å². The topological polar surface area (TPSA) is 66.5 Å². The Hall–Kier alpha value is -2.17. The normalized spacial score (nSPS) is 23.8. The van der Waals surface area contributed by atoms with Gasteiger partial charge in [0, 0.05) is 35.9 Å². The summed E-state index contributed by atoms with van der Waals surface area (Å²) in [6.07, 6.45) is 9.52. The second-order valence-electron chi connectivity index (χ2n) is 11.2. The van der Waals surface area contributed by atoms with Gasteiger partial charge in [0.2, 0.25) is 5.91 Å². The van der Waals surface area contributed by atoms with Gasteiger partial charge in [0.15, 0.2) is 5.78 Å². The second kappa shape index (κ2) is 9.99. The smallest absolute Gasteiger partial charge is 0.251 e. The third-order valence-corrected chi connectivity index (χ3v) is 8.13. The molecule has 1 heterocycles. The van der Waals surface area contributed by atoms with E-state index in [0.29, 0.717) is 11.5 Å². The van der Waals surface area contributed by atoms with Crippen LogP contribution in [0.15, 0.2) is 24.3 Å². The number of Topliss-reactive ketones (excluding diaryl/α,β-unsaturated/α-hetero) is 1. The number of nitrogens with one attached hydrogen (secondary N) is 1. The van der Waals surface area contributed by atoms with Crippen LogP contribution in [-0.4, -0.2) is 41.6 Å². The molecule has 5 nitrogen and oxygen atoms in total. The fourth-order valence-electron chi connectivity index (χ4n) is 5.62. The summed E-state index contributed by atoms with van der Waals surface area (Å²) in [7, 11) is 0. The Bertz CT molecular complexity index is 883. The number of benzene rings is 1. The summed E-state index contributed by atoms with van der Waals surface area (Å²) < 4.78 is 0. The van der Waals surface area contributed by atoms with Gasteiger partial charge in [-0.1, -0.05) is 52.2 Å². The molecule has 0 unspecified atom stereocenters. The Kier molecular flexibility index (Phi) is 7.25. The molecule has 0 aromatic heterocycles. The highest BCUT2D eigenvalue weighted by Crippen LogP contribution is 2.47. The number of carbonyl (C=O) groups is 3. The molecule has 180 valence electrons. The lowest BCUT2D eigenvalue weighted by Gasteiger charge is -2.35. The Morgan fingerprint density at radius 1 is 1.03 bits per heavy atom. The van der Waals surface area contributed by atoms with Gasteiger partial charge in [-0.05, 0) is 62.1 Å². The van der Waals surface area contributed by atoms with Crippen LogP contribution < -0.4 is 5.32 Å². The molecule has 3 aliphatic rings. The average Bonchev–Trinajstić information content (AvgIpc) is 3.60. The number of amides is 2. The van der Waals surface area contributed by atoms with E-state index in [9.17, 15) is 14.4 Å². The number of piperidine rings is 1. The van der Waals surface area contributed by atoms with Crippen LogP contribution in [0, 0.1) is 17.3 Å². The van der Waals surface area contributed by atoms with Gasteiger partial charge < -0.3 is 10.2 Å². The first-order valence-corrected chi connectivity index (χ1v) is 13.0. The minimum Gasteiger partial charge on any atom is -0.342 e. The molecule has 1 aliphatic heterocycles. The summed E-state index contributed by atoms with van der Waals surface area (Å²) in [5.41, 5.74) is 1.59. The first-order chi connectivity index (χ1) is 15.8. The van der Waals surface area contributed by atoms with Crippen molar-refractivity contribution >= 4 is 17.6 Å². The zero-order valence-electron chi connectivity index (χ0n) is 20.6. The lowest BCUT2D eigenvalue weighted by atomic mass is 9.80. The molecule has 1 N–H and O–H groups in total. The SMILES string of the molecule is CC(C)C(=O)[C@H](NC(=O)c1cccc([C@@H]2CCCN(C(=O)C3(C)CC3)C2)c1)C1CCCCC1. The quantitative estimate of drug-likeness (QED) is 0.626. The standard InChI is InChI=1S/C28H40N2O3/c1-19(2)25(31)24(20-9-5-4-6-10-20)29-26(32)22-12-7-11-21(17-22)23-13-8-16-30(18-23)27(33)28(3)14-15-28/h7,11-12,17,19-20,23-24H,4-6,8-10,13-16,18H2,1-3H3,(H,29,32)/t23-,24-/m1/s1. The molecule has 5 heteroatoms. The predicted octanol–water partition coefficient (Wildman–Crippen LogP) is 5.10. The Labute approximate surface area is 198 Å². The predicted molar refractivity (Wildman–Crippen MR) is 130 cm³/mol. The van der Waals surface area contributed by atoms with Crippen LogP contribution in [0.25, 0.3) is 0 Å². The number of nitrogens with zero attached hydrogens (tertiary/aromatic N) is 1. The summed E-state index contributed by atoms with van der Waals surface area (Å²) in [5.74, 6) is 0.676. The van der Waals surface area contributed by atoms with E-state index in [2.05, 4.69) is 18.3 Å². The molecule has 1 aromatic carbocycles. The maximum atomic E-state index is 13.2. The van der Waals surface area contributed by atoms with E-state index in [1.54, 1.807) is 0 Å². The first-order valence-electron chi connectivity index (χ1n) is 13.0. The molecular formula is C28H40N2O3. The molecule has 3 fully saturated rings. The van der Waals surface area contributed by atoms with Crippen LogP contribution in [0.1, 0.15) is 100 Å². The van der Waals surface area contributed by atoms with E-state index in [1.807, 2.05) is 36.9 Å². The zero-order valence-corrected chi connectivity index (χ0v) is 20.6. The summed E-state index contributed by atoms with van der Waals surface area (Å²) >= 11 is 0. The van der Waals surface area contributed by atoms with Gasteiger partial charge >= 0.3 is 0 Å². The number of hydrogen-bond donors (Lipinski definition) is 1. The number of carbonyl (C=O) groups excluding carboxylic acids is 3. The van der Waals surface area contributed by atoms with Crippen LogP contribution in [0.5, 0.6) is 0 Å². The molecule has 0 radical (unpaired) electrons. The molecule has 0 spiro atoms. The first kappa shape index (κ1) is 24.0. The zero-order chi connectivity index (χ0) is 23.6. The lowest BCUT2D eigenvalue weighted by Crippen LogP contribution is -2.48. The van der Waals surface area contributed by atoms with Crippen LogP contribution in [-0.2, 0) is 9.59 Å². The highest BCUT2D eigenvalue weighted by atomic mass is 16.2. The average molecular weight is 453 g/mol. The van der Waals surface area contributed by atoms with Gasteiger partial charge in [0.1, 0.15) is 0 Å². The van der Waals surface area contributed by atoms with Gasteiger partial charge in [-0.15, -0.1) is 0 Å². The van der Waals surface area contributed by atoms with Crippen molar-refractivity contribution in [2.45, 2.75) is 90.5 Å². The van der Waals surface area contributed by atoms with Crippen molar-refractivity contribution in [1.29, 1.82) is 0 Å². The van der Waals surface area contributed by atoms with Gasteiger partial charge in [-0.25, -0.2) is 0 Å². The van der Waals surface area contributed by atoms with E-state index in [-0.39, 0.29) is 34.9 Å². The summed E-state index contributed by atoms with van der Waals surface area (Å²) in [6.45, 7) is 7.48. The van der Waals surface area contributed by atoms with Crippen molar-refractivity contribution in [2.75, 3.05) is 13.1 Å². The van der Waals surface area contributed by atoms with Gasteiger partial charge in [0.25, 0.3) is 5.91 Å². The Morgan fingerprint density at radius 3 is 2.42 bits per heavy atom. The van der Waals surface area contributed by atoms with Crippen LogP contribution >= 0.6 is 0 Å². The maximum absolute atomic E-state index is 13.2. The Balaban J connectivity index is 1.46. The van der Waals surface area contributed by atoms with Crippen molar-refractivity contribution in [3.05, 3.63) is 35.4 Å². The second-order valence-corrected chi connectivity index (χ2v) is 11.2. The number of hydrogen-bond acceptors (Lipinski definition) is 3. The fourth-order valence-corrected chi connectivity index (χ4v) is 5.62. The highest BCUT2D eigenvalue weighted by molar-refractivity contribution is 5.98. The molecule has 2 atom stereocenters. The van der Waals surface area contributed by atoms with Crippen LogP contribution in [0.4, 0.5) is 0 Å². The molecular weight excluding hydrogens is 412 g/mol. The maximum Gasteiger partial charge on any atom is 0.251 e. The molecule has 1 aromatic rings. The number of likely N-dealkylation sites (tertiary alicyclic amines) is 1. The summed E-state index contributed by atoms with van der Waals surface area (Å²) in [6, 6.07) is 7.43. The molecule has 4 rings (SSSR count).